The van der Waals surface area contributed by atoms with E-state index in [1.807, 2.05) is 18.2 Å². The van der Waals surface area contributed by atoms with Gasteiger partial charge in [-0.2, -0.15) is 0 Å². The van der Waals surface area contributed by atoms with Gasteiger partial charge < -0.3 is 24.5 Å². The number of hydrogen-bond donors (Lipinski definition) is 1. The number of nitrogens with zero attached hydrogens (tertiary/aromatic N) is 5. The fourth-order valence-corrected chi connectivity index (χ4v) is 6.41. The van der Waals surface area contributed by atoms with Crippen molar-refractivity contribution in [3.63, 3.8) is 0 Å². The van der Waals surface area contributed by atoms with Gasteiger partial charge in [0.25, 0.3) is 0 Å². The minimum Gasteiger partial charge on any atom is -0.481 e. The summed E-state index contributed by atoms with van der Waals surface area (Å²) < 4.78 is 11.2. The zero-order valence-electron chi connectivity index (χ0n) is 23.4. The summed E-state index contributed by atoms with van der Waals surface area (Å²) in [5.74, 6) is -0.199. The van der Waals surface area contributed by atoms with Gasteiger partial charge in [0, 0.05) is 54.6 Å². The van der Waals surface area contributed by atoms with Crippen LogP contribution < -0.4 is 4.74 Å². The van der Waals surface area contributed by atoms with E-state index in [2.05, 4.69) is 19.7 Å². The maximum atomic E-state index is 11.3. The molecule has 1 N–H and O–H groups in total. The molecule has 1 aliphatic carbocycles. The van der Waals surface area contributed by atoms with Crippen molar-refractivity contribution in [3.05, 3.63) is 64.6 Å². The van der Waals surface area contributed by atoms with Crippen LogP contribution in [0.15, 0.2) is 45.1 Å². The number of likely N-dealkylation sites (tertiary alicyclic amines) is 1. The van der Waals surface area contributed by atoms with Crippen molar-refractivity contribution in [1.29, 1.82) is 0 Å². The van der Waals surface area contributed by atoms with E-state index in [-0.39, 0.29) is 40.5 Å². The SMILES string of the molecule is [CH-]=C(/C=N\[CH-]N1CCN(C2COC2)CC1)Oc1cc(CN2CCCC(CC(=O)O)C2)cc(C2C=C(Cl)C=C(Cl)C2)n1.[Ni+2]. The summed E-state index contributed by atoms with van der Waals surface area (Å²) in [5, 5.41) is 10.5. The molecule has 2 atom stereocenters. The summed E-state index contributed by atoms with van der Waals surface area (Å²) in [6.07, 6.45) is 7.87. The molecule has 9 nitrogen and oxygen atoms in total. The van der Waals surface area contributed by atoms with Crippen LogP contribution in [0.3, 0.4) is 0 Å². The molecule has 2 unspecified atom stereocenters. The topological polar surface area (TPSA) is 90.7 Å². The first-order valence-corrected chi connectivity index (χ1v) is 15.0. The standard InChI is InChI=1S/C30H37Cl2N5O4.Ni/c1-21(15-33-20-35-5-7-37(8-6-35)27-18-40-19-27)41-29-10-23(17-36-4-2-3-22(16-36)11-30(38)39)9-28(34-29)24-12-25(31)14-26(32)13-24;/h1,9-10,12,14-15,20,22,24,27H,2-8,11,13,16-19H2,(H,38,39);/q-2;+2/b33-15-;. The predicted molar refractivity (Wildman–Crippen MR) is 159 cm³/mol. The van der Waals surface area contributed by atoms with Gasteiger partial charge in [-0.1, -0.05) is 35.9 Å². The van der Waals surface area contributed by atoms with Crippen LogP contribution in [-0.4, -0.2) is 95.5 Å². The monoisotopic (exact) mass is 659 g/mol. The van der Waals surface area contributed by atoms with Gasteiger partial charge in [-0.25, -0.2) is 11.6 Å². The second-order valence-electron chi connectivity index (χ2n) is 11.2. The molecule has 12 heteroatoms. The number of aromatic nitrogens is 1. The molecule has 42 heavy (non-hydrogen) atoms. The molecule has 230 valence electrons. The van der Waals surface area contributed by atoms with Crippen molar-refractivity contribution in [1.82, 2.24) is 19.7 Å². The molecule has 4 aliphatic rings. The van der Waals surface area contributed by atoms with Crippen molar-refractivity contribution < 1.29 is 35.9 Å². The minimum atomic E-state index is -0.749. The fraction of sp³-hybridized carbons (Fsp3) is 0.533. The molecule has 1 aromatic rings. The quantitative estimate of drug-likeness (QED) is 0.162. The Morgan fingerprint density at radius 2 is 2.02 bits per heavy atom. The predicted octanol–water partition coefficient (Wildman–Crippen LogP) is 4.40. The van der Waals surface area contributed by atoms with Gasteiger partial charge in [0.15, 0.2) is 0 Å². The third-order valence-corrected chi connectivity index (χ3v) is 8.44. The Hall–Kier alpha value is -1.91. The summed E-state index contributed by atoms with van der Waals surface area (Å²) >= 11 is 12.7. The third kappa shape index (κ3) is 9.55. The number of pyridine rings is 1. The number of allylic oxidation sites excluding steroid dienone is 5. The molecule has 0 amide bonds. The van der Waals surface area contributed by atoms with Crippen LogP contribution in [-0.2, 0) is 32.6 Å². The molecule has 0 aromatic carbocycles. The molecule has 0 saturated carbocycles. The number of carboxylic acid groups (broad SMARTS) is 1. The summed E-state index contributed by atoms with van der Waals surface area (Å²) in [4.78, 5) is 27.3. The number of carboxylic acids is 1. The first-order valence-electron chi connectivity index (χ1n) is 14.2. The van der Waals surface area contributed by atoms with Crippen molar-refractivity contribution in [2.24, 2.45) is 10.9 Å². The maximum absolute atomic E-state index is 11.3. The largest absolute Gasteiger partial charge is 2.00 e. The number of halogens is 2. The summed E-state index contributed by atoms with van der Waals surface area (Å²) in [5.41, 5.74) is 1.79. The van der Waals surface area contributed by atoms with Crippen LogP contribution in [0.25, 0.3) is 0 Å². The molecule has 4 heterocycles. The van der Waals surface area contributed by atoms with Crippen LogP contribution >= 0.6 is 23.2 Å². The van der Waals surface area contributed by atoms with Gasteiger partial charge in [0.05, 0.1) is 24.9 Å². The molecule has 0 bridgehead atoms. The zero-order chi connectivity index (χ0) is 28.8. The van der Waals surface area contributed by atoms with Gasteiger partial charge in [-0.3, -0.25) is 14.6 Å². The second-order valence-corrected chi connectivity index (χ2v) is 12.1. The normalized spacial score (nSPS) is 24.3. The number of piperidine rings is 1. The Balaban J connectivity index is 0.00000405. The first-order chi connectivity index (χ1) is 19.8. The number of carbonyl (C=O) groups is 1. The number of hydrogen-bond acceptors (Lipinski definition) is 8. The van der Waals surface area contributed by atoms with Gasteiger partial charge in [-0.05, 0) is 68.3 Å². The van der Waals surface area contributed by atoms with Crippen molar-refractivity contribution in [3.8, 4) is 5.88 Å². The van der Waals surface area contributed by atoms with E-state index < -0.39 is 5.97 Å². The smallest absolute Gasteiger partial charge is 0.481 e. The Kier molecular flexibility index (Phi) is 12.3. The van der Waals surface area contributed by atoms with E-state index in [0.29, 0.717) is 35.0 Å². The Morgan fingerprint density at radius 3 is 2.71 bits per heavy atom. The zero-order valence-corrected chi connectivity index (χ0v) is 25.9. The van der Waals surface area contributed by atoms with E-state index in [1.54, 1.807) is 12.7 Å². The second kappa shape index (κ2) is 15.7. The number of rotatable bonds is 11. The van der Waals surface area contributed by atoms with Gasteiger partial charge in [-0.15, -0.1) is 6.21 Å². The molecular weight excluding hydrogens is 624 g/mol. The minimum absolute atomic E-state index is 0. The number of ether oxygens (including phenoxy) is 2. The van der Waals surface area contributed by atoms with Crippen LogP contribution in [0.5, 0.6) is 5.88 Å². The molecule has 5 rings (SSSR count). The first kappa shape index (κ1) is 33.0. The number of aliphatic carboxylic acids is 1. The van der Waals surface area contributed by atoms with Gasteiger partial charge in [0.2, 0.25) is 5.88 Å². The van der Waals surface area contributed by atoms with E-state index in [4.69, 9.17) is 44.2 Å². The summed E-state index contributed by atoms with van der Waals surface area (Å²) in [7, 11) is 0. The van der Waals surface area contributed by atoms with E-state index in [9.17, 15) is 9.90 Å². The van der Waals surface area contributed by atoms with Crippen molar-refractivity contribution in [2.75, 3.05) is 52.5 Å². The maximum Gasteiger partial charge on any atom is 2.00 e. The van der Waals surface area contributed by atoms with E-state index >= 15 is 0 Å². The van der Waals surface area contributed by atoms with Gasteiger partial charge >= 0.3 is 22.5 Å². The van der Waals surface area contributed by atoms with Crippen LogP contribution in [0.1, 0.15) is 42.9 Å². The Morgan fingerprint density at radius 1 is 1.24 bits per heavy atom. The fourth-order valence-electron chi connectivity index (χ4n) is 5.79. The van der Waals surface area contributed by atoms with Crippen molar-refractivity contribution in [2.45, 2.75) is 44.2 Å². The summed E-state index contributed by atoms with van der Waals surface area (Å²) in [6, 6.07) is 4.48. The van der Waals surface area contributed by atoms with Crippen LogP contribution in [0, 0.1) is 19.2 Å². The number of piperazine rings is 1. The molecule has 1 aromatic heterocycles. The van der Waals surface area contributed by atoms with Crippen molar-refractivity contribution >= 4 is 35.4 Å². The van der Waals surface area contributed by atoms with Crippen LogP contribution in [0.4, 0.5) is 0 Å². The van der Waals surface area contributed by atoms with Crippen LogP contribution in [0.2, 0.25) is 0 Å². The Bertz CT molecular complexity index is 1200. The average molecular weight is 661 g/mol. The van der Waals surface area contributed by atoms with Gasteiger partial charge in [0.1, 0.15) is 0 Å². The molecular formula is C30H37Cl2N5NiO4. The molecule has 3 saturated heterocycles. The molecule has 3 fully saturated rings. The summed E-state index contributed by atoms with van der Waals surface area (Å²) in [6.45, 7) is 15.7. The molecule has 0 radical (unpaired) electrons. The number of aliphatic imine (C=N–C) groups is 1. The molecule has 3 aliphatic heterocycles. The third-order valence-electron chi connectivity index (χ3n) is 7.94. The van der Waals surface area contributed by atoms with E-state index in [1.165, 1.54) is 6.21 Å². The van der Waals surface area contributed by atoms with E-state index in [0.717, 1.165) is 76.6 Å². The molecule has 0 spiro atoms. The average Bonchev–Trinajstić information content (AvgIpc) is 2.88. The Labute approximate surface area is 268 Å².